The van der Waals surface area contributed by atoms with Gasteiger partial charge in [0.05, 0.1) is 10.7 Å². The van der Waals surface area contributed by atoms with Crippen LogP contribution in [-0.2, 0) is 0 Å². The maximum atomic E-state index is 13.8. The van der Waals surface area contributed by atoms with Gasteiger partial charge in [0.1, 0.15) is 11.6 Å². The molecule has 120 valence electrons. The summed E-state index contributed by atoms with van der Waals surface area (Å²) in [5.74, 6) is 0.257. The standard InChI is InChI=1S/C17H16ClFN2OS/c1-17(2)20-16(10-4-7-13(18)14(19)8-10)12-6-5-11(21-23-3)9-15(12)22-17/h4-9,21H,1-3H3. The Morgan fingerprint density at radius 3 is 2.70 bits per heavy atom. The summed E-state index contributed by atoms with van der Waals surface area (Å²) in [7, 11) is 0. The van der Waals surface area contributed by atoms with Crippen LogP contribution in [-0.4, -0.2) is 17.7 Å². The summed E-state index contributed by atoms with van der Waals surface area (Å²) in [4.78, 5) is 4.63. The lowest BCUT2D eigenvalue weighted by Crippen LogP contribution is -2.32. The molecule has 0 saturated heterocycles. The fourth-order valence-electron chi connectivity index (χ4n) is 2.47. The van der Waals surface area contributed by atoms with Crippen molar-refractivity contribution in [2.24, 2.45) is 4.99 Å². The Hall–Kier alpha value is -1.72. The number of hydrogen-bond acceptors (Lipinski definition) is 4. The largest absolute Gasteiger partial charge is 0.466 e. The quantitative estimate of drug-likeness (QED) is 0.778. The van der Waals surface area contributed by atoms with E-state index in [2.05, 4.69) is 9.71 Å². The predicted octanol–water partition coefficient (Wildman–Crippen LogP) is 5.13. The van der Waals surface area contributed by atoms with E-state index in [1.807, 2.05) is 38.3 Å². The van der Waals surface area contributed by atoms with E-state index in [0.717, 1.165) is 17.0 Å². The molecule has 1 aliphatic rings. The molecule has 0 atom stereocenters. The normalized spacial score (nSPS) is 15.4. The van der Waals surface area contributed by atoms with Crippen molar-refractivity contribution < 1.29 is 9.13 Å². The molecule has 0 radical (unpaired) electrons. The van der Waals surface area contributed by atoms with Gasteiger partial charge in [-0.3, -0.25) is 0 Å². The first-order valence-corrected chi connectivity index (χ1v) is 8.67. The topological polar surface area (TPSA) is 33.6 Å². The van der Waals surface area contributed by atoms with Gasteiger partial charge in [-0.2, -0.15) is 0 Å². The number of aliphatic imine (C=N–C) groups is 1. The molecule has 3 rings (SSSR count). The number of anilines is 1. The second kappa shape index (κ2) is 6.06. The van der Waals surface area contributed by atoms with Gasteiger partial charge in [-0.1, -0.05) is 29.6 Å². The molecular formula is C17H16ClFN2OS. The molecule has 23 heavy (non-hydrogen) atoms. The number of hydrogen-bond donors (Lipinski definition) is 1. The van der Waals surface area contributed by atoms with E-state index in [0.29, 0.717) is 11.3 Å². The van der Waals surface area contributed by atoms with Crippen LogP contribution >= 0.6 is 23.5 Å². The van der Waals surface area contributed by atoms with Gasteiger partial charge in [0.25, 0.3) is 0 Å². The SMILES string of the molecule is CSNc1ccc2c(c1)OC(C)(C)N=C2c1ccc(Cl)c(F)c1. The van der Waals surface area contributed by atoms with E-state index >= 15 is 0 Å². The van der Waals surface area contributed by atoms with E-state index in [4.69, 9.17) is 16.3 Å². The minimum atomic E-state index is -0.726. The summed E-state index contributed by atoms with van der Waals surface area (Å²) in [6.07, 6.45) is 1.95. The van der Waals surface area contributed by atoms with Crippen LogP contribution in [0.25, 0.3) is 0 Å². The Morgan fingerprint density at radius 1 is 1.22 bits per heavy atom. The molecular weight excluding hydrogens is 335 g/mol. The van der Waals surface area contributed by atoms with Gasteiger partial charge in [0.2, 0.25) is 0 Å². The number of ether oxygens (including phenoxy) is 1. The Balaban J connectivity index is 2.12. The Labute approximate surface area is 144 Å². The number of benzene rings is 2. The van der Waals surface area contributed by atoms with Gasteiger partial charge in [0, 0.05) is 29.1 Å². The zero-order valence-corrected chi connectivity index (χ0v) is 14.6. The van der Waals surface area contributed by atoms with Crippen LogP contribution in [0, 0.1) is 5.82 Å². The van der Waals surface area contributed by atoms with Crippen molar-refractivity contribution in [3.8, 4) is 5.75 Å². The van der Waals surface area contributed by atoms with Crippen molar-refractivity contribution in [2.45, 2.75) is 19.6 Å². The third kappa shape index (κ3) is 3.31. The first-order valence-electron chi connectivity index (χ1n) is 7.07. The highest BCUT2D eigenvalue weighted by Crippen LogP contribution is 2.35. The Bertz CT molecular complexity index is 792. The van der Waals surface area contributed by atoms with Crippen molar-refractivity contribution in [1.82, 2.24) is 0 Å². The van der Waals surface area contributed by atoms with Gasteiger partial charge in [0.15, 0.2) is 5.72 Å². The number of nitrogens with one attached hydrogen (secondary N) is 1. The maximum Gasteiger partial charge on any atom is 0.195 e. The number of nitrogens with zero attached hydrogens (tertiary/aromatic N) is 1. The number of fused-ring (bicyclic) bond motifs is 1. The summed E-state index contributed by atoms with van der Waals surface area (Å²) in [5.41, 5.74) is 2.42. The van der Waals surface area contributed by atoms with Crippen LogP contribution in [0.1, 0.15) is 25.0 Å². The van der Waals surface area contributed by atoms with E-state index in [-0.39, 0.29) is 5.02 Å². The van der Waals surface area contributed by atoms with Gasteiger partial charge < -0.3 is 9.46 Å². The van der Waals surface area contributed by atoms with E-state index in [9.17, 15) is 4.39 Å². The third-order valence-electron chi connectivity index (χ3n) is 3.39. The maximum absolute atomic E-state index is 13.8. The minimum Gasteiger partial charge on any atom is -0.466 e. The lowest BCUT2D eigenvalue weighted by Gasteiger charge is -2.30. The van der Waals surface area contributed by atoms with Gasteiger partial charge in [-0.05, 0) is 38.1 Å². The molecule has 0 aromatic heterocycles. The van der Waals surface area contributed by atoms with Crippen LogP contribution < -0.4 is 9.46 Å². The number of rotatable bonds is 3. The van der Waals surface area contributed by atoms with Crippen molar-refractivity contribution in [3.63, 3.8) is 0 Å². The van der Waals surface area contributed by atoms with E-state index in [1.54, 1.807) is 12.1 Å². The van der Waals surface area contributed by atoms with Crippen LogP contribution in [0.3, 0.4) is 0 Å². The lowest BCUT2D eigenvalue weighted by molar-refractivity contribution is 0.115. The van der Waals surface area contributed by atoms with Crippen molar-refractivity contribution >= 4 is 34.9 Å². The van der Waals surface area contributed by atoms with Crippen LogP contribution in [0.2, 0.25) is 5.02 Å². The van der Waals surface area contributed by atoms with Crippen LogP contribution in [0.5, 0.6) is 5.75 Å². The molecule has 0 bridgehead atoms. The Kier molecular flexibility index (Phi) is 4.25. The summed E-state index contributed by atoms with van der Waals surface area (Å²) in [6.45, 7) is 3.74. The predicted molar refractivity (Wildman–Crippen MR) is 95.3 cm³/mol. The van der Waals surface area contributed by atoms with Gasteiger partial charge in [-0.25, -0.2) is 9.38 Å². The average Bonchev–Trinajstić information content (AvgIpc) is 2.48. The fourth-order valence-corrected chi connectivity index (χ4v) is 2.95. The van der Waals surface area contributed by atoms with E-state index in [1.165, 1.54) is 18.0 Å². The monoisotopic (exact) mass is 350 g/mol. The molecule has 0 spiro atoms. The molecule has 0 saturated carbocycles. The molecule has 3 nitrogen and oxygen atoms in total. The highest BCUT2D eigenvalue weighted by atomic mass is 35.5. The summed E-state index contributed by atoms with van der Waals surface area (Å²) in [5, 5.41) is 0.0976. The summed E-state index contributed by atoms with van der Waals surface area (Å²) >= 11 is 7.29. The Morgan fingerprint density at radius 2 is 2.00 bits per heavy atom. The first kappa shape index (κ1) is 16.1. The average molecular weight is 351 g/mol. The molecule has 6 heteroatoms. The molecule has 0 fully saturated rings. The molecule has 1 aliphatic heterocycles. The van der Waals surface area contributed by atoms with Crippen LogP contribution in [0.15, 0.2) is 41.4 Å². The number of halogens is 2. The molecule has 2 aromatic carbocycles. The second-order valence-electron chi connectivity index (χ2n) is 5.66. The smallest absolute Gasteiger partial charge is 0.195 e. The van der Waals surface area contributed by atoms with Crippen molar-refractivity contribution in [3.05, 3.63) is 58.4 Å². The highest BCUT2D eigenvalue weighted by Gasteiger charge is 2.29. The molecule has 0 amide bonds. The van der Waals surface area contributed by atoms with Gasteiger partial charge in [-0.15, -0.1) is 0 Å². The van der Waals surface area contributed by atoms with E-state index < -0.39 is 11.5 Å². The third-order valence-corrected chi connectivity index (χ3v) is 4.14. The first-order chi connectivity index (χ1) is 10.9. The molecule has 0 unspecified atom stereocenters. The lowest BCUT2D eigenvalue weighted by atomic mass is 9.98. The molecule has 2 aromatic rings. The minimum absolute atomic E-state index is 0.0976. The zero-order chi connectivity index (χ0) is 16.6. The van der Waals surface area contributed by atoms with Gasteiger partial charge >= 0.3 is 0 Å². The molecule has 1 N–H and O–H groups in total. The fraction of sp³-hybridized carbons (Fsp3) is 0.235. The summed E-state index contributed by atoms with van der Waals surface area (Å²) in [6, 6.07) is 10.5. The van der Waals surface area contributed by atoms with Crippen molar-refractivity contribution in [1.29, 1.82) is 0 Å². The zero-order valence-electron chi connectivity index (χ0n) is 13.0. The molecule has 0 aliphatic carbocycles. The summed E-state index contributed by atoms with van der Waals surface area (Å²) < 4.78 is 23.0. The second-order valence-corrected chi connectivity index (χ2v) is 6.67. The van der Waals surface area contributed by atoms with Crippen LogP contribution in [0.4, 0.5) is 10.1 Å². The highest BCUT2D eigenvalue weighted by molar-refractivity contribution is 7.99. The van der Waals surface area contributed by atoms with Crippen molar-refractivity contribution in [2.75, 3.05) is 11.0 Å². The molecule has 1 heterocycles.